The van der Waals surface area contributed by atoms with Crippen LogP contribution in [0.5, 0.6) is 0 Å². The molecule has 0 spiro atoms. The van der Waals surface area contributed by atoms with Crippen LogP contribution in [0.4, 0.5) is 4.39 Å². The molecule has 1 atom stereocenters. The van der Waals surface area contributed by atoms with Gasteiger partial charge >= 0.3 is 0 Å². The molecule has 4 rings (SSSR count). The number of aromatic nitrogens is 1. The van der Waals surface area contributed by atoms with E-state index in [0.29, 0.717) is 28.8 Å². The molecule has 1 heterocycles. The van der Waals surface area contributed by atoms with Crippen molar-refractivity contribution >= 4 is 16.8 Å². The number of carbonyl (C=O) groups excluding carboxylic acids is 1. The first-order chi connectivity index (χ1) is 14.6. The van der Waals surface area contributed by atoms with Crippen LogP contribution in [0.25, 0.3) is 22.2 Å². The number of nitrogens with one attached hydrogen (secondary N) is 1. The highest BCUT2D eigenvalue weighted by molar-refractivity contribution is 6.09. The highest BCUT2D eigenvalue weighted by atomic mass is 19.1. The molecule has 1 fully saturated rings. The van der Waals surface area contributed by atoms with Gasteiger partial charge in [0, 0.05) is 17.0 Å². The normalized spacial score (nSPS) is 15.8. The monoisotopic (exact) mass is 404 g/mol. The van der Waals surface area contributed by atoms with E-state index in [1.165, 1.54) is 31.4 Å². The molecule has 1 saturated carbocycles. The lowest BCUT2D eigenvalue weighted by molar-refractivity contribution is 0.0920. The predicted molar refractivity (Wildman–Crippen MR) is 120 cm³/mol. The summed E-state index contributed by atoms with van der Waals surface area (Å²) in [6.07, 6.45) is 6.70. The standard InChI is InChI=1S/C26H29FN2O/c1-3-21-24(26(30)28-17(2)18-10-6-4-7-11-18)22-16-20(27)14-15-23(22)29-25(21)19-12-8-5-9-13-19/h5,8-9,12-18H,3-4,6-7,10-11H2,1-2H3,(H,28,30)/t17-/m0/s1. The Hall–Kier alpha value is -2.75. The number of pyridine rings is 1. The summed E-state index contributed by atoms with van der Waals surface area (Å²) in [6.45, 7) is 4.12. The zero-order valence-corrected chi connectivity index (χ0v) is 17.7. The van der Waals surface area contributed by atoms with Crippen molar-refractivity contribution in [2.45, 2.75) is 58.4 Å². The maximum absolute atomic E-state index is 14.1. The van der Waals surface area contributed by atoms with E-state index in [4.69, 9.17) is 4.98 Å². The first-order valence-electron chi connectivity index (χ1n) is 11.1. The lowest BCUT2D eigenvalue weighted by Crippen LogP contribution is -2.39. The molecule has 3 nitrogen and oxygen atoms in total. The maximum Gasteiger partial charge on any atom is 0.252 e. The molecule has 1 aliphatic rings. The van der Waals surface area contributed by atoms with Gasteiger partial charge in [0.15, 0.2) is 0 Å². The van der Waals surface area contributed by atoms with Gasteiger partial charge < -0.3 is 5.32 Å². The Balaban J connectivity index is 1.81. The lowest BCUT2D eigenvalue weighted by Gasteiger charge is -2.29. The molecule has 0 unspecified atom stereocenters. The number of halogens is 1. The van der Waals surface area contributed by atoms with E-state index in [0.717, 1.165) is 29.7 Å². The number of fused-ring (bicyclic) bond motifs is 1. The summed E-state index contributed by atoms with van der Waals surface area (Å²) in [7, 11) is 0. The highest BCUT2D eigenvalue weighted by Crippen LogP contribution is 2.32. The summed E-state index contributed by atoms with van der Waals surface area (Å²) >= 11 is 0. The quantitative estimate of drug-likeness (QED) is 0.542. The van der Waals surface area contributed by atoms with Gasteiger partial charge in [-0.05, 0) is 55.9 Å². The molecule has 1 amide bonds. The van der Waals surface area contributed by atoms with Gasteiger partial charge in [-0.15, -0.1) is 0 Å². The highest BCUT2D eigenvalue weighted by Gasteiger charge is 2.25. The smallest absolute Gasteiger partial charge is 0.252 e. The van der Waals surface area contributed by atoms with Crippen LogP contribution in [0.15, 0.2) is 48.5 Å². The zero-order valence-electron chi connectivity index (χ0n) is 17.7. The van der Waals surface area contributed by atoms with Crippen molar-refractivity contribution < 1.29 is 9.18 Å². The number of rotatable bonds is 5. The molecule has 0 aliphatic heterocycles. The van der Waals surface area contributed by atoms with Crippen LogP contribution in [-0.2, 0) is 6.42 Å². The summed E-state index contributed by atoms with van der Waals surface area (Å²) in [5.74, 6) is 0.0273. The fraction of sp³-hybridized carbons (Fsp3) is 0.385. The molecule has 1 N–H and O–H groups in total. The number of hydrogen-bond acceptors (Lipinski definition) is 2. The average molecular weight is 405 g/mol. The summed E-state index contributed by atoms with van der Waals surface area (Å²) in [6, 6.07) is 14.5. The third-order valence-electron chi connectivity index (χ3n) is 6.39. The number of hydrogen-bond donors (Lipinski definition) is 1. The molecule has 3 aromatic rings. The van der Waals surface area contributed by atoms with Crippen molar-refractivity contribution in [3.63, 3.8) is 0 Å². The zero-order chi connectivity index (χ0) is 21.1. The molecule has 156 valence electrons. The molecule has 0 radical (unpaired) electrons. The van der Waals surface area contributed by atoms with Gasteiger partial charge in [-0.1, -0.05) is 56.5 Å². The second kappa shape index (κ2) is 8.95. The minimum atomic E-state index is -0.354. The fourth-order valence-electron chi connectivity index (χ4n) is 4.74. The van der Waals surface area contributed by atoms with Crippen LogP contribution < -0.4 is 5.32 Å². The van der Waals surface area contributed by atoms with Crippen LogP contribution in [0.1, 0.15) is 61.9 Å². The summed E-state index contributed by atoms with van der Waals surface area (Å²) in [4.78, 5) is 18.3. The molecule has 30 heavy (non-hydrogen) atoms. The lowest BCUT2D eigenvalue weighted by atomic mass is 9.84. The Labute approximate surface area is 177 Å². The number of benzene rings is 2. The Morgan fingerprint density at radius 2 is 1.87 bits per heavy atom. The Kier molecular flexibility index (Phi) is 6.12. The molecule has 0 saturated heterocycles. The number of carbonyl (C=O) groups is 1. The van der Waals surface area contributed by atoms with E-state index in [2.05, 4.69) is 12.2 Å². The van der Waals surface area contributed by atoms with Crippen molar-refractivity contribution in [3.05, 3.63) is 65.5 Å². The van der Waals surface area contributed by atoms with Gasteiger partial charge in [0.1, 0.15) is 5.82 Å². The van der Waals surface area contributed by atoms with Crippen molar-refractivity contribution in [3.8, 4) is 11.3 Å². The molecule has 2 aromatic carbocycles. The van der Waals surface area contributed by atoms with E-state index >= 15 is 0 Å². The van der Waals surface area contributed by atoms with E-state index in [9.17, 15) is 9.18 Å². The molecular formula is C26H29FN2O. The third kappa shape index (κ3) is 4.09. The van der Waals surface area contributed by atoms with Crippen LogP contribution in [0.3, 0.4) is 0 Å². The van der Waals surface area contributed by atoms with Gasteiger partial charge in [-0.25, -0.2) is 9.37 Å². The third-order valence-corrected chi connectivity index (χ3v) is 6.39. The number of amides is 1. The second-order valence-electron chi connectivity index (χ2n) is 8.36. The SMILES string of the molecule is CCc1c(-c2ccccc2)nc2ccc(F)cc2c1C(=O)N[C@@H](C)C1CCCCC1. The molecule has 0 bridgehead atoms. The first-order valence-corrected chi connectivity index (χ1v) is 11.1. The predicted octanol–water partition coefficient (Wildman–Crippen LogP) is 6.30. The van der Waals surface area contributed by atoms with Crippen LogP contribution >= 0.6 is 0 Å². The summed E-state index contributed by atoms with van der Waals surface area (Å²) in [5.41, 5.74) is 3.83. The van der Waals surface area contributed by atoms with Gasteiger partial charge in [0.05, 0.1) is 16.8 Å². The van der Waals surface area contributed by atoms with Crippen LogP contribution in [0.2, 0.25) is 0 Å². The first kappa shape index (κ1) is 20.5. The van der Waals surface area contributed by atoms with Crippen molar-refractivity contribution in [1.82, 2.24) is 10.3 Å². The van der Waals surface area contributed by atoms with Gasteiger partial charge in [0.2, 0.25) is 0 Å². The Morgan fingerprint density at radius 3 is 2.57 bits per heavy atom. The van der Waals surface area contributed by atoms with E-state index in [1.807, 2.05) is 37.3 Å². The van der Waals surface area contributed by atoms with Gasteiger partial charge in [-0.3, -0.25) is 4.79 Å². The van der Waals surface area contributed by atoms with E-state index < -0.39 is 0 Å². The summed E-state index contributed by atoms with van der Waals surface area (Å²) < 4.78 is 14.1. The molecule has 1 aromatic heterocycles. The average Bonchev–Trinajstić information content (AvgIpc) is 2.78. The van der Waals surface area contributed by atoms with Crippen molar-refractivity contribution in [2.75, 3.05) is 0 Å². The Morgan fingerprint density at radius 1 is 1.13 bits per heavy atom. The fourth-order valence-corrected chi connectivity index (χ4v) is 4.74. The molecule has 4 heteroatoms. The van der Waals surface area contributed by atoms with Crippen molar-refractivity contribution in [2.24, 2.45) is 5.92 Å². The Bertz CT molecular complexity index is 1040. The second-order valence-corrected chi connectivity index (χ2v) is 8.36. The van der Waals surface area contributed by atoms with Crippen molar-refractivity contribution in [1.29, 1.82) is 0 Å². The van der Waals surface area contributed by atoms with Gasteiger partial charge in [0.25, 0.3) is 5.91 Å². The van der Waals surface area contributed by atoms with Crippen LogP contribution in [-0.4, -0.2) is 16.9 Å². The maximum atomic E-state index is 14.1. The largest absolute Gasteiger partial charge is 0.349 e. The summed E-state index contributed by atoms with van der Waals surface area (Å²) in [5, 5.41) is 3.82. The van der Waals surface area contributed by atoms with E-state index in [1.54, 1.807) is 6.07 Å². The van der Waals surface area contributed by atoms with E-state index in [-0.39, 0.29) is 17.8 Å². The number of nitrogens with zero attached hydrogens (tertiary/aromatic N) is 1. The van der Waals surface area contributed by atoms with Gasteiger partial charge in [-0.2, -0.15) is 0 Å². The topological polar surface area (TPSA) is 42.0 Å². The molecular weight excluding hydrogens is 375 g/mol. The minimum Gasteiger partial charge on any atom is -0.349 e. The van der Waals surface area contributed by atoms with Crippen LogP contribution in [0, 0.1) is 11.7 Å². The molecule has 1 aliphatic carbocycles. The minimum absolute atomic E-state index is 0.0967.